The molecule has 0 unspecified atom stereocenters. The molecule has 2 aromatic rings. The first kappa shape index (κ1) is 16.1. The number of rotatable bonds is 4. The van der Waals surface area contributed by atoms with Gasteiger partial charge in [-0.15, -0.1) is 11.8 Å². The lowest BCUT2D eigenvalue weighted by Gasteiger charge is -2.12. The van der Waals surface area contributed by atoms with Crippen molar-refractivity contribution in [1.29, 1.82) is 0 Å². The topological polar surface area (TPSA) is 60.4 Å². The second-order valence-corrected chi connectivity index (χ2v) is 8.91. The molecule has 4 nitrogen and oxygen atoms in total. The van der Waals surface area contributed by atoms with Crippen molar-refractivity contribution in [2.75, 3.05) is 11.5 Å². The van der Waals surface area contributed by atoms with E-state index in [9.17, 15) is 13.2 Å². The predicted octanol–water partition coefficient (Wildman–Crippen LogP) is 3.19. The van der Waals surface area contributed by atoms with Gasteiger partial charge < -0.3 is 4.74 Å². The van der Waals surface area contributed by atoms with E-state index in [0.717, 1.165) is 4.90 Å². The number of hydrogen-bond acceptors (Lipinski definition) is 5. The minimum absolute atomic E-state index is 0.00863. The SMILES string of the molecule is O=C(Oc1ccccc1)c1ccccc1S[C@@H]1CCS(=O)(=O)C1. The highest BCUT2D eigenvalue weighted by Crippen LogP contribution is 2.33. The maximum absolute atomic E-state index is 12.4. The monoisotopic (exact) mass is 348 g/mol. The molecule has 23 heavy (non-hydrogen) atoms. The van der Waals surface area contributed by atoms with E-state index in [1.807, 2.05) is 18.2 Å². The minimum atomic E-state index is -2.93. The molecular weight excluding hydrogens is 332 g/mol. The summed E-state index contributed by atoms with van der Waals surface area (Å²) in [5, 5.41) is -0.00863. The Labute approximate surface area is 139 Å². The zero-order valence-corrected chi connectivity index (χ0v) is 14.0. The van der Waals surface area contributed by atoms with E-state index in [4.69, 9.17) is 4.74 Å². The van der Waals surface area contributed by atoms with Gasteiger partial charge in [0.1, 0.15) is 5.75 Å². The summed E-state index contributed by atoms with van der Waals surface area (Å²) in [6.07, 6.45) is 0.620. The summed E-state index contributed by atoms with van der Waals surface area (Å²) in [5.41, 5.74) is 0.464. The number of hydrogen-bond donors (Lipinski definition) is 0. The number of carbonyl (C=O) groups excluding carboxylic acids is 1. The minimum Gasteiger partial charge on any atom is -0.423 e. The van der Waals surface area contributed by atoms with Crippen molar-refractivity contribution in [3.63, 3.8) is 0 Å². The fourth-order valence-electron chi connectivity index (χ4n) is 2.42. The number of para-hydroxylation sites is 1. The van der Waals surface area contributed by atoms with Crippen LogP contribution in [0.1, 0.15) is 16.8 Å². The van der Waals surface area contributed by atoms with Crippen LogP contribution in [0.25, 0.3) is 0 Å². The van der Waals surface area contributed by atoms with Crippen LogP contribution >= 0.6 is 11.8 Å². The lowest BCUT2D eigenvalue weighted by molar-refractivity contribution is 0.0731. The van der Waals surface area contributed by atoms with Crippen molar-refractivity contribution in [2.24, 2.45) is 0 Å². The van der Waals surface area contributed by atoms with E-state index >= 15 is 0 Å². The lowest BCUT2D eigenvalue weighted by Crippen LogP contribution is -2.11. The molecule has 0 amide bonds. The van der Waals surface area contributed by atoms with Gasteiger partial charge >= 0.3 is 5.97 Å². The summed E-state index contributed by atoms with van der Waals surface area (Å²) in [4.78, 5) is 13.1. The average Bonchev–Trinajstić information content (AvgIpc) is 2.87. The Hall–Kier alpha value is -1.79. The fourth-order valence-corrected chi connectivity index (χ4v) is 6.04. The molecule has 1 heterocycles. The van der Waals surface area contributed by atoms with E-state index in [-0.39, 0.29) is 16.8 Å². The molecule has 0 bridgehead atoms. The maximum Gasteiger partial charge on any atom is 0.344 e. The molecule has 0 aliphatic carbocycles. The normalized spacial score (nSPS) is 19.4. The molecule has 1 aliphatic rings. The fraction of sp³-hybridized carbons (Fsp3) is 0.235. The summed E-state index contributed by atoms with van der Waals surface area (Å²) < 4.78 is 28.5. The van der Waals surface area contributed by atoms with Gasteiger partial charge in [0, 0.05) is 10.1 Å². The van der Waals surface area contributed by atoms with Crippen LogP contribution in [-0.4, -0.2) is 31.1 Å². The highest BCUT2D eigenvalue weighted by Gasteiger charge is 2.29. The molecular formula is C17H16O4S2. The Balaban J connectivity index is 1.76. The van der Waals surface area contributed by atoms with Gasteiger partial charge in [-0.3, -0.25) is 0 Å². The van der Waals surface area contributed by atoms with E-state index in [1.54, 1.807) is 36.4 Å². The first-order valence-corrected chi connectivity index (χ1v) is 9.97. The molecule has 1 aliphatic heterocycles. The number of sulfone groups is 1. The van der Waals surface area contributed by atoms with Crippen LogP contribution in [-0.2, 0) is 9.84 Å². The molecule has 0 radical (unpaired) electrons. The number of thioether (sulfide) groups is 1. The smallest absolute Gasteiger partial charge is 0.344 e. The van der Waals surface area contributed by atoms with Crippen LogP contribution < -0.4 is 4.74 Å². The van der Waals surface area contributed by atoms with E-state index < -0.39 is 15.8 Å². The molecule has 0 N–H and O–H groups in total. The van der Waals surface area contributed by atoms with Crippen molar-refractivity contribution in [3.8, 4) is 5.75 Å². The first-order chi connectivity index (χ1) is 11.0. The molecule has 1 atom stereocenters. The molecule has 6 heteroatoms. The third kappa shape index (κ3) is 4.14. The standard InChI is InChI=1S/C17H16O4S2/c18-17(21-13-6-2-1-3-7-13)15-8-4-5-9-16(15)22-14-10-11-23(19,20)12-14/h1-9,14H,10-12H2/t14-/m1/s1. The van der Waals surface area contributed by atoms with Gasteiger partial charge in [-0.1, -0.05) is 30.3 Å². The summed E-state index contributed by atoms with van der Waals surface area (Å²) in [6, 6.07) is 16.0. The van der Waals surface area contributed by atoms with Crippen molar-refractivity contribution < 1.29 is 17.9 Å². The van der Waals surface area contributed by atoms with Gasteiger partial charge in [-0.25, -0.2) is 13.2 Å². The Bertz CT molecular complexity index is 800. The second-order valence-electron chi connectivity index (χ2n) is 5.34. The number of ether oxygens (including phenoxy) is 1. The quantitative estimate of drug-likeness (QED) is 0.627. The summed E-state index contributed by atoms with van der Waals surface area (Å²) in [5.74, 6) is 0.446. The summed E-state index contributed by atoms with van der Waals surface area (Å²) in [7, 11) is -2.93. The van der Waals surface area contributed by atoms with Crippen LogP contribution in [0.4, 0.5) is 0 Å². The van der Waals surface area contributed by atoms with Gasteiger partial charge in [-0.05, 0) is 30.7 Å². The van der Waals surface area contributed by atoms with Crippen LogP contribution in [0.15, 0.2) is 59.5 Å². The first-order valence-electron chi connectivity index (χ1n) is 7.27. The zero-order chi connectivity index (χ0) is 16.3. The Kier molecular flexibility index (Phi) is 4.73. The van der Waals surface area contributed by atoms with Gasteiger partial charge in [0.25, 0.3) is 0 Å². The Morgan fingerprint density at radius 1 is 1.04 bits per heavy atom. The number of carbonyl (C=O) groups is 1. The van der Waals surface area contributed by atoms with E-state index in [1.165, 1.54) is 11.8 Å². The number of esters is 1. The predicted molar refractivity (Wildman–Crippen MR) is 90.8 cm³/mol. The van der Waals surface area contributed by atoms with Crippen LogP contribution in [0.5, 0.6) is 5.75 Å². The van der Waals surface area contributed by atoms with E-state index in [2.05, 4.69) is 0 Å². The lowest BCUT2D eigenvalue weighted by atomic mass is 10.2. The molecule has 0 aromatic heterocycles. The molecule has 1 saturated heterocycles. The average molecular weight is 348 g/mol. The van der Waals surface area contributed by atoms with Crippen LogP contribution in [0, 0.1) is 0 Å². The highest BCUT2D eigenvalue weighted by molar-refractivity contribution is 8.02. The van der Waals surface area contributed by atoms with Gasteiger partial charge in [0.2, 0.25) is 0 Å². The van der Waals surface area contributed by atoms with Gasteiger partial charge in [-0.2, -0.15) is 0 Å². The second kappa shape index (κ2) is 6.76. The zero-order valence-electron chi connectivity index (χ0n) is 12.3. The molecule has 0 saturated carbocycles. The Morgan fingerprint density at radius 3 is 2.43 bits per heavy atom. The van der Waals surface area contributed by atoms with Crippen LogP contribution in [0.2, 0.25) is 0 Å². The molecule has 2 aromatic carbocycles. The van der Waals surface area contributed by atoms with E-state index in [0.29, 0.717) is 17.7 Å². The van der Waals surface area contributed by atoms with Gasteiger partial charge in [0.05, 0.1) is 17.1 Å². The van der Waals surface area contributed by atoms with Gasteiger partial charge in [0.15, 0.2) is 9.84 Å². The summed E-state index contributed by atoms with van der Waals surface area (Å²) >= 11 is 1.44. The van der Waals surface area contributed by atoms with Crippen molar-refractivity contribution in [3.05, 3.63) is 60.2 Å². The highest BCUT2D eigenvalue weighted by atomic mass is 32.2. The maximum atomic E-state index is 12.4. The number of benzene rings is 2. The molecule has 1 fully saturated rings. The molecule has 0 spiro atoms. The third-order valence-electron chi connectivity index (χ3n) is 3.55. The van der Waals surface area contributed by atoms with Crippen molar-refractivity contribution in [2.45, 2.75) is 16.6 Å². The molecule has 120 valence electrons. The van der Waals surface area contributed by atoms with Crippen LogP contribution in [0.3, 0.4) is 0 Å². The Morgan fingerprint density at radius 2 is 1.74 bits per heavy atom. The van der Waals surface area contributed by atoms with Crippen molar-refractivity contribution in [1.82, 2.24) is 0 Å². The molecule has 3 rings (SSSR count). The van der Waals surface area contributed by atoms with Crippen molar-refractivity contribution >= 4 is 27.6 Å². The third-order valence-corrected chi connectivity index (χ3v) is 6.87. The summed E-state index contributed by atoms with van der Waals surface area (Å²) in [6.45, 7) is 0. The largest absolute Gasteiger partial charge is 0.423 e.